The van der Waals surface area contributed by atoms with E-state index in [-0.39, 0.29) is 22.9 Å². The number of rotatable bonds is 4. The molecule has 0 fully saturated rings. The van der Waals surface area contributed by atoms with Crippen molar-refractivity contribution in [3.8, 4) is 0 Å². The summed E-state index contributed by atoms with van der Waals surface area (Å²) < 4.78 is 5.24. The molecule has 2 aromatic carbocycles. The summed E-state index contributed by atoms with van der Waals surface area (Å²) in [4.78, 5) is 22.1. The van der Waals surface area contributed by atoms with Crippen LogP contribution >= 0.6 is 11.6 Å². The van der Waals surface area contributed by atoms with Gasteiger partial charge in [0.05, 0.1) is 15.5 Å². The Balaban J connectivity index is 2.12. The van der Waals surface area contributed by atoms with Crippen LogP contribution in [0.4, 0.5) is 5.69 Å². The molecule has 0 atom stereocenters. The summed E-state index contributed by atoms with van der Waals surface area (Å²) in [6.07, 6.45) is 0. The third-order valence-corrected chi connectivity index (χ3v) is 3.56. The van der Waals surface area contributed by atoms with Gasteiger partial charge in [-0.25, -0.2) is 4.79 Å². The summed E-state index contributed by atoms with van der Waals surface area (Å²) in [6.45, 7) is 4.01. The maximum absolute atomic E-state index is 12.0. The molecule has 2 rings (SSSR count). The fourth-order valence-electron chi connectivity index (χ4n) is 1.96. The van der Waals surface area contributed by atoms with Gasteiger partial charge in [0.25, 0.3) is 5.69 Å². The van der Waals surface area contributed by atoms with Crippen molar-refractivity contribution in [2.45, 2.75) is 20.5 Å². The fourth-order valence-corrected chi connectivity index (χ4v) is 2.21. The number of esters is 1. The van der Waals surface area contributed by atoms with E-state index >= 15 is 0 Å². The van der Waals surface area contributed by atoms with Crippen molar-refractivity contribution in [2.75, 3.05) is 0 Å². The molecule has 2 aromatic rings. The van der Waals surface area contributed by atoms with Crippen molar-refractivity contribution in [1.29, 1.82) is 0 Å². The van der Waals surface area contributed by atoms with Crippen LogP contribution in [-0.2, 0) is 11.3 Å². The molecule has 0 radical (unpaired) electrons. The SMILES string of the molecule is Cc1ccc(C)c(COC(=O)c2ccc([N+](=O)[O-])cc2Cl)c1. The van der Waals surface area contributed by atoms with Gasteiger partial charge in [-0.3, -0.25) is 10.1 Å². The second kappa shape index (κ2) is 6.58. The van der Waals surface area contributed by atoms with Gasteiger partial charge in [-0.1, -0.05) is 35.4 Å². The lowest BCUT2D eigenvalue weighted by molar-refractivity contribution is -0.384. The van der Waals surface area contributed by atoms with E-state index in [0.717, 1.165) is 22.8 Å². The number of ether oxygens (including phenoxy) is 1. The second-order valence-electron chi connectivity index (χ2n) is 4.93. The predicted octanol–water partition coefficient (Wildman–Crippen LogP) is 4.22. The highest BCUT2D eigenvalue weighted by Gasteiger charge is 2.16. The molecule has 0 aliphatic rings. The van der Waals surface area contributed by atoms with Crippen LogP contribution in [0, 0.1) is 24.0 Å². The van der Waals surface area contributed by atoms with Crippen LogP contribution in [0.3, 0.4) is 0 Å². The quantitative estimate of drug-likeness (QED) is 0.480. The molecule has 0 unspecified atom stereocenters. The first-order valence-corrected chi connectivity index (χ1v) is 6.93. The van der Waals surface area contributed by atoms with E-state index in [2.05, 4.69) is 0 Å². The summed E-state index contributed by atoms with van der Waals surface area (Å²) in [5.41, 5.74) is 2.94. The lowest BCUT2D eigenvalue weighted by Crippen LogP contribution is -2.07. The number of nitro benzene ring substituents is 1. The Bertz CT molecular complexity index is 743. The average Bonchev–Trinajstić information content (AvgIpc) is 2.47. The molecule has 0 aromatic heterocycles. The van der Waals surface area contributed by atoms with E-state index in [0.29, 0.717) is 0 Å². The zero-order valence-corrected chi connectivity index (χ0v) is 12.9. The Kier molecular flexibility index (Phi) is 4.78. The lowest BCUT2D eigenvalue weighted by atomic mass is 10.1. The minimum absolute atomic E-state index is 0.000152. The van der Waals surface area contributed by atoms with Crippen LogP contribution < -0.4 is 0 Å². The molecule has 0 saturated heterocycles. The third-order valence-electron chi connectivity index (χ3n) is 3.25. The summed E-state index contributed by atoms with van der Waals surface area (Å²) in [7, 11) is 0. The van der Waals surface area contributed by atoms with E-state index in [4.69, 9.17) is 16.3 Å². The third kappa shape index (κ3) is 3.62. The topological polar surface area (TPSA) is 69.4 Å². The van der Waals surface area contributed by atoms with Crippen molar-refractivity contribution in [1.82, 2.24) is 0 Å². The van der Waals surface area contributed by atoms with Crippen LogP contribution in [0.25, 0.3) is 0 Å². The Labute approximate surface area is 132 Å². The minimum atomic E-state index is -0.610. The molecule has 0 N–H and O–H groups in total. The number of hydrogen-bond donors (Lipinski definition) is 0. The van der Waals surface area contributed by atoms with E-state index in [9.17, 15) is 14.9 Å². The molecule has 0 amide bonds. The van der Waals surface area contributed by atoms with Crippen LogP contribution in [-0.4, -0.2) is 10.9 Å². The Morgan fingerprint density at radius 3 is 2.59 bits per heavy atom. The normalized spacial score (nSPS) is 10.3. The van der Waals surface area contributed by atoms with Crippen LogP contribution in [0.2, 0.25) is 5.02 Å². The largest absolute Gasteiger partial charge is 0.457 e. The number of nitrogens with zero attached hydrogens (tertiary/aromatic N) is 1. The van der Waals surface area contributed by atoms with Crippen molar-refractivity contribution >= 4 is 23.3 Å². The molecule has 0 saturated carbocycles. The predicted molar refractivity (Wildman–Crippen MR) is 83.1 cm³/mol. The van der Waals surface area contributed by atoms with Gasteiger partial charge in [0.2, 0.25) is 0 Å². The van der Waals surface area contributed by atoms with Crippen LogP contribution in [0.1, 0.15) is 27.0 Å². The summed E-state index contributed by atoms with van der Waals surface area (Å²) in [5.74, 6) is -0.610. The first-order valence-electron chi connectivity index (χ1n) is 6.55. The van der Waals surface area contributed by atoms with Gasteiger partial charge < -0.3 is 4.74 Å². The smallest absolute Gasteiger partial charge is 0.339 e. The average molecular weight is 320 g/mol. The molecule has 5 nitrogen and oxygen atoms in total. The maximum atomic E-state index is 12.0. The van der Waals surface area contributed by atoms with Gasteiger partial charge in [-0.05, 0) is 31.0 Å². The number of hydrogen-bond acceptors (Lipinski definition) is 4. The van der Waals surface area contributed by atoms with Crippen molar-refractivity contribution in [2.24, 2.45) is 0 Å². The highest BCUT2D eigenvalue weighted by Crippen LogP contribution is 2.23. The number of non-ortho nitro benzene ring substituents is 1. The molecule has 0 bridgehead atoms. The van der Waals surface area contributed by atoms with Gasteiger partial charge >= 0.3 is 5.97 Å². The van der Waals surface area contributed by atoms with Gasteiger partial charge in [0.15, 0.2) is 0 Å². The molecular formula is C16H14ClNO4. The van der Waals surface area contributed by atoms with E-state index < -0.39 is 10.9 Å². The lowest BCUT2D eigenvalue weighted by Gasteiger charge is -2.09. The molecule has 0 aliphatic heterocycles. The highest BCUT2D eigenvalue weighted by molar-refractivity contribution is 6.33. The zero-order chi connectivity index (χ0) is 16.3. The summed E-state index contributed by atoms with van der Waals surface area (Å²) >= 11 is 5.90. The number of benzene rings is 2. The van der Waals surface area contributed by atoms with Gasteiger partial charge in [-0.2, -0.15) is 0 Å². The van der Waals surface area contributed by atoms with E-state index in [1.807, 2.05) is 32.0 Å². The first kappa shape index (κ1) is 16.0. The zero-order valence-electron chi connectivity index (χ0n) is 12.1. The number of nitro groups is 1. The molecule has 0 heterocycles. The standard InChI is InChI=1S/C16H14ClNO4/c1-10-3-4-11(2)12(7-10)9-22-16(19)14-6-5-13(18(20)21)8-15(14)17/h3-8H,9H2,1-2H3. The van der Waals surface area contributed by atoms with Crippen molar-refractivity contribution in [3.63, 3.8) is 0 Å². The maximum Gasteiger partial charge on any atom is 0.339 e. The molecule has 6 heteroatoms. The van der Waals surface area contributed by atoms with Gasteiger partial charge in [0, 0.05) is 12.1 Å². The summed E-state index contributed by atoms with van der Waals surface area (Å²) in [6, 6.07) is 9.54. The number of carbonyl (C=O) groups excluding carboxylic acids is 1. The van der Waals surface area contributed by atoms with Crippen molar-refractivity contribution < 1.29 is 14.5 Å². The number of halogens is 1. The molecular weight excluding hydrogens is 306 g/mol. The Morgan fingerprint density at radius 2 is 1.95 bits per heavy atom. The molecule has 0 aliphatic carbocycles. The Hall–Kier alpha value is -2.40. The van der Waals surface area contributed by atoms with Crippen LogP contribution in [0.15, 0.2) is 36.4 Å². The molecule has 22 heavy (non-hydrogen) atoms. The van der Waals surface area contributed by atoms with Gasteiger partial charge in [0.1, 0.15) is 6.61 Å². The molecule has 0 spiro atoms. The molecule has 114 valence electrons. The first-order chi connectivity index (χ1) is 10.4. The van der Waals surface area contributed by atoms with E-state index in [1.165, 1.54) is 12.1 Å². The highest BCUT2D eigenvalue weighted by atomic mass is 35.5. The summed E-state index contributed by atoms with van der Waals surface area (Å²) in [5, 5.41) is 10.6. The van der Waals surface area contributed by atoms with Crippen LogP contribution in [0.5, 0.6) is 0 Å². The fraction of sp³-hybridized carbons (Fsp3) is 0.188. The Morgan fingerprint density at radius 1 is 1.23 bits per heavy atom. The second-order valence-corrected chi connectivity index (χ2v) is 5.33. The van der Waals surface area contributed by atoms with Crippen molar-refractivity contribution in [3.05, 3.63) is 73.8 Å². The number of aryl methyl sites for hydroxylation is 2. The monoisotopic (exact) mass is 319 g/mol. The van der Waals surface area contributed by atoms with E-state index in [1.54, 1.807) is 0 Å². The minimum Gasteiger partial charge on any atom is -0.457 e. The van der Waals surface area contributed by atoms with Gasteiger partial charge in [-0.15, -0.1) is 0 Å². The number of carbonyl (C=O) groups is 1.